The molecule has 0 heterocycles. The number of likely N-dealkylation sites (N-methyl/N-ethyl adjacent to an activating group) is 1. The minimum atomic E-state index is -0.399. The van der Waals surface area contributed by atoms with E-state index in [0.717, 1.165) is 0 Å². The summed E-state index contributed by atoms with van der Waals surface area (Å²) in [6.07, 6.45) is 0. The lowest BCUT2D eigenvalue weighted by Crippen LogP contribution is -2.51. The fourth-order valence-corrected chi connectivity index (χ4v) is 1.66. The van der Waals surface area contributed by atoms with Gasteiger partial charge < -0.3 is 5.11 Å². The smallest absolute Gasteiger partial charge is 0.179 e. The maximum atomic E-state index is 12.2. The minimum absolute atomic E-state index is 0.0237. The molecule has 0 bridgehead atoms. The van der Waals surface area contributed by atoms with Gasteiger partial charge in [0, 0.05) is 11.1 Å². The van der Waals surface area contributed by atoms with Gasteiger partial charge in [0.25, 0.3) is 0 Å². The third-order valence-corrected chi connectivity index (χ3v) is 3.36. The SMILES string of the molecule is CC(C(=O)c1ccccc1)N(C)C(C)(C)CO. The van der Waals surface area contributed by atoms with Gasteiger partial charge in [-0.3, -0.25) is 9.69 Å². The molecule has 94 valence electrons. The first-order chi connectivity index (χ1) is 7.90. The highest BCUT2D eigenvalue weighted by Crippen LogP contribution is 2.17. The lowest BCUT2D eigenvalue weighted by molar-refractivity contribution is 0.0438. The van der Waals surface area contributed by atoms with Crippen LogP contribution in [0.15, 0.2) is 30.3 Å². The Hall–Kier alpha value is -1.19. The highest BCUT2D eigenvalue weighted by molar-refractivity contribution is 5.99. The van der Waals surface area contributed by atoms with E-state index in [9.17, 15) is 9.90 Å². The summed E-state index contributed by atoms with van der Waals surface area (Å²) in [6.45, 7) is 5.73. The van der Waals surface area contributed by atoms with Crippen LogP contribution in [0, 0.1) is 0 Å². The van der Waals surface area contributed by atoms with E-state index in [0.29, 0.717) is 5.56 Å². The number of aliphatic hydroxyl groups excluding tert-OH is 1. The van der Waals surface area contributed by atoms with Crippen LogP contribution in [0.25, 0.3) is 0 Å². The average molecular weight is 235 g/mol. The number of hydrogen-bond donors (Lipinski definition) is 1. The molecule has 1 N–H and O–H groups in total. The molecule has 3 nitrogen and oxygen atoms in total. The quantitative estimate of drug-likeness (QED) is 0.793. The molecule has 0 saturated carbocycles. The topological polar surface area (TPSA) is 40.5 Å². The summed E-state index contributed by atoms with van der Waals surface area (Å²) in [4.78, 5) is 14.1. The zero-order chi connectivity index (χ0) is 13.1. The third-order valence-electron chi connectivity index (χ3n) is 3.36. The van der Waals surface area contributed by atoms with Crippen LogP contribution in [0.4, 0.5) is 0 Å². The molecule has 0 aliphatic rings. The van der Waals surface area contributed by atoms with E-state index in [2.05, 4.69) is 0 Å². The van der Waals surface area contributed by atoms with E-state index in [4.69, 9.17) is 0 Å². The number of hydrogen-bond acceptors (Lipinski definition) is 3. The van der Waals surface area contributed by atoms with Crippen LogP contribution in [0.2, 0.25) is 0 Å². The predicted octanol–water partition coefficient (Wildman–Crippen LogP) is 1.96. The Morgan fingerprint density at radius 2 is 1.88 bits per heavy atom. The predicted molar refractivity (Wildman–Crippen MR) is 69.2 cm³/mol. The van der Waals surface area contributed by atoms with Crippen molar-refractivity contribution in [1.29, 1.82) is 0 Å². The summed E-state index contributed by atoms with van der Waals surface area (Å²) in [5.41, 5.74) is 0.310. The van der Waals surface area contributed by atoms with Gasteiger partial charge in [-0.2, -0.15) is 0 Å². The Bertz CT molecular complexity index is 373. The van der Waals surface area contributed by atoms with Crippen LogP contribution in [0.1, 0.15) is 31.1 Å². The van der Waals surface area contributed by atoms with Crippen LogP contribution >= 0.6 is 0 Å². The summed E-state index contributed by atoms with van der Waals surface area (Å²) < 4.78 is 0. The molecule has 0 aliphatic heterocycles. The first kappa shape index (κ1) is 13.9. The number of benzene rings is 1. The van der Waals surface area contributed by atoms with E-state index < -0.39 is 5.54 Å². The highest BCUT2D eigenvalue weighted by Gasteiger charge is 2.30. The molecular formula is C14H21NO2. The molecule has 0 aromatic heterocycles. The molecule has 1 atom stereocenters. The van der Waals surface area contributed by atoms with Gasteiger partial charge >= 0.3 is 0 Å². The van der Waals surface area contributed by atoms with Gasteiger partial charge in [0.15, 0.2) is 5.78 Å². The number of rotatable bonds is 5. The normalized spacial score (nSPS) is 13.8. The summed E-state index contributed by atoms with van der Waals surface area (Å²) in [5, 5.41) is 9.31. The molecular weight excluding hydrogens is 214 g/mol. The van der Waals surface area contributed by atoms with Crippen LogP contribution < -0.4 is 0 Å². The second kappa shape index (κ2) is 5.43. The fourth-order valence-electron chi connectivity index (χ4n) is 1.66. The average Bonchev–Trinajstić information content (AvgIpc) is 2.37. The second-order valence-corrected chi connectivity index (χ2v) is 4.99. The Balaban J connectivity index is 2.84. The Kier molecular flexibility index (Phi) is 4.43. The van der Waals surface area contributed by atoms with Crippen molar-refractivity contribution in [3.63, 3.8) is 0 Å². The Morgan fingerprint density at radius 3 is 2.35 bits per heavy atom. The van der Waals surface area contributed by atoms with E-state index >= 15 is 0 Å². The van der Waals surface area contributed by atoms with Crippen LogP contribution in [-0.4, -0.2) is 41.0 Å². The van der Waals surface area contributed by atoms with Crippen molar-refractivity contribution < 1.29 is 9.90 Å². The van der Waals surface area contributed by atoms with Gasteiger partial charge in [0.2, 0.25) is 0 Å². The number of nitrogens with zero attached hydrogens (tertiary/aromatic N) is 1. The molecule has 0 fully saturated rings. The van der Waals surface area contributed by atoms with Crippen molar-refractivity contribution in [2.24, 2.45) is 0 Å². The summed E-state index contributed by atoms with van der Waals surface area (Å²) in [6, 6.07) is 8.99. The highest BCUT2D eigenvalue weighted by atomic mass is 16.3. The van der Waals surface area contributed by atoms with Gasteiger partial charge in [-0.15, -0.1) is 0 Å². The van der Waals surface area contributed by atoms with Crippen molar-refractivity contribution in [3.8, 4) is 0 Å². The molecule has 0 amide bonds. The number of carbonyl (C=O) groups is 1. The van der Waals surface area contributed by atoms with E-state index in [1.165, 1.54) is 0 Å². The zero-order valence-electron chi connectivity index (χ0n) is 11.0. The lowest BCUT2D eigenvalue weighted by atomic mass is 9.98. The lowest BCUT2D eigenvalue weighted by Gasteiger charge is -2.37. The number of aliphatic hydroxyl groups is 1. The largest absolute Gasteiger partial charge is 0.394 e. The first-order valence-corrected chi connectivity index (χ1v) is 5.83. The minimum Gasteiger partial charge on any atom is -0.394 e. The number of ketones is 1. The van der Waals surface area contributed by atoms with E-state index in [1.54, 1.807) is 0 Å². The van der Waals surface area contributed by atoms with Gasteiger partial charge in [0.1, 0.15) is 0 Å². The maximum Gasteiger partial charge on any atom is 0.179 e. The first-order valence-electron chi connectivity index (χ1n) is 5.83. The molecule has 0 spiro atoms. The van der Waals surface area contributed by atoms with Crippen molar-refractivity contribution in [2.75, 3.05) is 13.7 Å². The van der Waals surface area contributed by atoms with Crippen molar-refractivity contribution in [3.05, 3.63) is 35.9 Å². The molecule has 17 heavy (non-hydrogen) atoms. The van der Waals surface area contributed by atoms with Gasteiger partial charge in [-0.05, 0) is 27.8 Å². The molecule has 0 aliphatic carbocycles. The molecule has 1 unspecified atom stereocenters. The summed E-state index contributed by atoms with van der Waals surface area (Å²) in [7, 11) is 1.86. The summed E-state index contributed by atoms with van der Waals surface area (Å²) >= 11 is 0. The monoisotopic (exact) mass is 235 g/mol. The maximum absolute atomic E-state index is 12.2. The zero-order valence-corrected chi connectivity index (χ0v) is 11.0. The molecule has 1 rings (SSSR count). The Morgan fingerprint density at radius 1 is 1.35 bits per heavy atom. The molecule has 1 aromatic carbocycles. The molecule has 3 heteroatoms. The van der Waals surface area contributed by atoms with Gasteiger partial charge in [-0.1, -0.05) is 30.3 Å². The fraction of sp³-hybridized carbons (Fsp3) is 0.500. The van der Waals surface area contributed by atoms with Crippen molar-refractivity contribution in [1.82, 2.24) is 4.90 Å². The number of carbonyl (C=O) groups excluding carboxylic acids is 1. The standard InChI is InChI=1S/C14H21NO2/c1-11(15(4)14(2,3)10-16)13(17)12-8-6-5-7-9-12/h5-9,11,16H,10H2,1-4H3. The van der Waals surface area contributed by atoms with Crippen molar-refractivity contribution >= 4 is 5.78 Å². The van der Waals surface area contributed by atoms with Crippen LogP contribution in [0.5, 0.6) is 0 Å². The summed E-state index contributed by atoms with van der Waals surface area (Å²) in [5.74, 6) is 0.0784. The third kappa shape index (κ3) is 3.14. The second-order valence-electron chi connectivity index (χ2n) is 4.99. The Labute approximate surface area is 103 Å². The molecule has 0 saturated heterocycles. The molecule has 0 radical (unpaired) electrons. The molecule has 1 aromatic rings. The van der Waals surface area contributed by atoms with Gasteiger partial charge in [0.05, 0.1) is 12.6 Å². The van der Waals surface area contributed by atoms with Crippen LogP contribution in [0.3, 0.4) is 0 Å². The van der Waals surface area contributed by atoms with Crippen LogP contribution in [-0.2, 0) is 0 Å². The van der Waals surface area contributed by atoms with Gasteiger partial charge in [-0.25, -0.2) is 0 Å². The number of Topliss-reactive ketones (excluding diaryl/α,β-unsaturated/α-hetero) is 1. The van der Waals surface area contributed by atoms with Crippen molar-refractivity contribution in [2.45, 2.75) is 32.4 Å². The van der Waals surface area contributed by atoms with E-state index in [-0.39, 0.29) is 18.4 Å². The van der Waals surface area contributed by atoms with E-state index in [1.807, 2.05) is 63.1 Å².